The molecule has 0 saturated heterocycles. The molecule has 24 heavy (non-hydrogen) atoms. The Hall–Kier alpha value is -2.60. The van der Waals surface area contributed by atoms with Gasteiger partial charge in [0, 0.05) is 50.8 Å². The largest absolute Gasteiger partial charge is 0.294 e. The van der Waals surface area contributed by atoms with Gasteiger partial charge in [-0.3, -0.25) is 14.7 Å². The second kappa shape index (κ2) is 5.79. The summed E-state index contributed by atoms with van der Waals surface area (Å²) >= 11 is 0. The fourth-order valence-corrected chi connectivity index (χ4v) is 3.28. The SMILES string of the molecule is Cn1nc2c(cc1=O)CN(Cc1cc(F)cc3cccnc13)CC2. The van der Waals surface area contributed by atoms with Crippen LogP contribution < -0.4 is 5.56 Å². The summed E-state index contributed by atoms with van der Waals surface area (Å²) in [6.45, 7) is 2.06. The van der Waals surface area contributed by atoms with Gasteiger partial charge in [-0.05, 0) is 29.3 Å². The minimum absolute atomic E-state index is 0.103. The number of rotatable bonds is 2. The van der Waals surface area contributed by atoms with Crippen LogP contribution >= 0.6 is 0 Å². The minimum Gasteiger partial charge on any atom is -0.294 e. The highest BCUT2D eigenvalue weighted by Crippen LogP contribution is 2.23. The molecular formula is C18H17FN4O. The Morgan fingerprint density at radius 2 is 2.17 bits per heavy atom. The molecule has 4 rings (SSSR count). The standard InChI is InChI=1S/C18H17FN4O/c1-22-17(24)9-13-10-23(6-4-16(13)21-22)11-14-8-15(19)7-12-3-2-5-20-18(12)14/h2-3,5,7-9H,4,6,10-11H2,1H3. The van der Waals surface area contributed by atoms with Crippen LogP contribution in [-0.4, -0.2) is 26.2 Å². The summed E-state index contributed by atoms with van der Waals surface area (Å²) in [6, 6.07) is 8.38. The van der Waals surface area contributed by atoms with E-state index in [0.29, 0.717) is 13.1 Å². The molecule has 122 valence electrons. The van der Waals surface area contributed by atoms with Gasteiger partial charge in [0.15, 0.2) is 0 Å². The summed E-state index contributed by atoms with van der Waals surface area (Å²) in [5.74, 6) is -0.251. The molecule has 0 atom stereocenters. The first-order valence-corrected chi connectivity index (χ1v) is 7.92. The van der Waals surface area contributed by atoms with E-state index in [1.807, 2.05) is 12.1 Å². The first kappa shape index (κ1) is 15.0. The van der Waals surface area contributed by atoms with Crippen LogP contribution in [0.2, 0.25) is 0 Å². The number of hydrogen-bond acceptors (Lipinski definition) is 4. The Bertz CT molecular complexity index is 982. The van der Waals surface area contributed by atoms with Crippen LogP contribution in [0.15, 0.2) is 41.3 Å². The van der Waals surface area contributed by atoms with Crippen LogP contribution in [0.4, 0.5) is 4.39 Å². The van der Waals surface area contributed by atoms with Gasteiger partial charge in [0.05, 0.1) is 11.2 Å². The van der Waals surface area contributed by atoms with Crippen LogP contribution in [0.5, 0.6) is 0 Å². The van der Waals surface area contributed by atoms with E-state index in [4.69, 9.17) is 0 Å². The average Bonchev–Trinajstić information content (AvgIpc) is 2.56. The molecule has 3 heterocycles. The maximum atomic E-state index is 13.9. The van der Waals surface area contributed by atoms with Gasteiger partial charge in [0.2, 0.25) is 0 Å². The van der Waals surface area contributed by atoms with E-state index >= 15 is 0 Å². The molecule has 0 amide bonds. The van der Waals surface area contributed by atoms with Crippen LogP contribution in [-0.2, 0) is 26.6 Å². The van der Waals surface area contributed by atoms with Gasteiger partial charge in [-0.2, -0.15) is 5.10 Å². The van der Waals surface area contributed by atoms with Crippen LogP contribution in [0.1, 0.15) is 16.8 Å². The lowest BCUT2D eigenvalue weighted by molar-refractivity contribution is 0.242. The fraction of sp³-hybridized carbons (Fsp3) is 0.278. The third kappa shape index (κ3) is 2.69. The van der Waals surface area contributed by atoms with Crippen LogP contribution in [0.3, 0.4) is 0 Å². The number of pyridine rings is 1. The second-order valence-corrected chi connectivity index (χ2v) is 6.18. The molecule has 2 aromatic heterocycles. The Balaban J connectivity index is 1.65. The summed E-state index contributed by atoms with van der Waals surface area (Å²) in [5, 5.41) is 5.13. The summed E-state index contributed by atoms with van der Waals surface area (Å²) < 4.78 is 15.3. The summed E-state index contributed by atoms with van der Waals surface area (Å²) in [6.07, 6.45) is 2.51. The lowest BCUT2D eigenvalue weighted by Crippen LogP contribution is -2.34. The van der Waals surface area contributed by atoms with Gasteiger partial charge in [0.1, 0.15) is 5.82 Å². The number of aryl methyl sites for hydroxylation is 1. The molecule has 1 aromatic carbocycles. The third-order valence-corrected chi connectivity index (χ3v) is 4.46. The average molecular weight is 324 g/mol. The predicted octanol–water partition coefficient (Wildman–Crippen LogP) is 2.03. The highest BCUT2D eigenvalue weighted by atomic mass is 19.1. The molecule has 0 fully saturated rings. The Labute approximate surface area is 138 Å². The molecule has 0 aliphatic carbocycles. The van der Waals surface area contributed by atoms with Gasteiger partial charge in [-0.1, -0.05) is 6.07 Å². The maximum absolute atomic E-state index is 13.9. The molecule has 1 aliphatic rings. The number of benzene rings is 1. The molecule has 0 spiro atoms. The topological polar surface area (TPSA) is 51.0 Å². The highest BCUT2D eigenvalue weighted by molar-refractivity contribution is 5.81. The van der Waals surface area contributed by atoms with Gasteiger partial charge in [-0.15, -0.1) is 0 Å². The van der Waals surface area contributed by atoms with E-state index in [9.17, 15) is 9.18 Å². The van der Waals surface area contributed by atoms with Crippen molar-refractivity contribution in [2.75, 3.05) is 6.54 Å². The quantitative estimate of drug-likeness (QED) is 0.724. The summed E-state index contributed by atoms with van der Waals surface area (Å²) in [5.41, 5.74) is 3.51. The van der Waals surface area contributed by atoms with Crippen molar-refractivity contribution in [3.05, 3.63) is 69.5 Å². The molecule has 0 unspecified atom stereocenters. The van der Waals surface area contributed by atoms with Gasteiger partial charge in [-0.25, -0.2) is 9.07 Å². The van der Waals surface area contributed by atoms with E-state index in [2.05, 4.69) is 15.0 Å². The first-order chi connectivity index (χ1) is 11.6. The molecule has 0 radical (unpaired) electrons. The zero-order chi connectivity index (χ0) is 16.7. The van der Waals surface area contributed by atoms with E-state index < -0.39 is 0 Å². The maximum Gasteiger partial charge on any atom is 0.266 e. The van der Waals surface area contributed by atoms with Gasteiger partial charge in [0.25, 0.3) is 5.56 Å². The zero-order valence-corrected chi connectivity index (χ0v) is 13.4. The van der Waals surface area contributed by atoms with Crippen molar-refractivity contribution in [1.82, 2.24) is 19.7 Å². The number of nitrogens with zero attached hydrogens (tertiary/aromatic N) is 4. The number of hydrogen-bond donors (Lipinski definition) is 0. The Morgan fingerprint density at radius 1 is 1.29 bits per heavy atom. The molecule has 0 N–H and O–H groups in total. The van der Waals surface area contributed by atoms with E-state index in [1.165, 1.54) is 10.7 Å². The molecule has 5 nitrogen and oxygen atoms in total. The van der Waals surface area contributed by atoms with Crippen molar-refractivity contribution >= 4 is 10.9 Å². The smallest absolute Gasteiger partial charge is 0.266 e. The van der Waals surface area contributed by atoms with Gasteiger partial charge >= 0.3 is 0 Å². The first-order valence-electron chi connectivity index (χ1n) is 7.92. The van der Waals surface area contributed by atoms with Crippen molar-refractivity contribution < 1.29 is 4.39 Å². The summed E-state index contributed by atoms with van der Waals surface area (Å²) in [7, 11) is 1.67. The van der Waals surface area contributed by atoms with E-state index in [1.54, 1.807) is 25.4 Å². The third-order valence-electron chi connectivity index (χ3n) is 4.46. The van der Waals surface area contributed by atoms with Crippen molar-refractivity contribution in [2.45, 2.75) is 19.5 Å². The summed E-state index contributed by atoms with van der Waals surface area (Å²) in [4.78, 5) is 18.4. The molecule has 0 saturated carbocycles. The highest BCUT2D eigenvalue weighted by Gasteiger charge is 2.20. The minimum atomic E-state index is -0.251. The zero-order valence-electron chi connectivity index (χ0n) is 13.4. The van der Waals surface area contributed by atoms with Crippen molar-refractivity contribution in [3.8, 4) is 0 Å². The number of fused-ring (bicyclic) bond motifs is 2. The molecule has 0 bridgehead atoms. The van der Waals surface area contributed by atoms with Crippen molar-refractivity contribution in [2.24, 2.45) is 7.05 Å². The normalized spacial score (nSPS) is 14.8. The monoisotopic (exact) mass is 324 g/mol. The lowest BCUT2D eigenvalue weighted by Gasteiger charge is -2.28. The van der Waals surface area contributed by atoms with E-state index in [-0.39, 0.29) is 11.4 Å². The van der Waals surface area contributed by atoms with Crippen molar-refractivity contribution in [3.63, 3.8) is 0 Å². The molecular weight excluding hydrogens is 307 g/mol. The Morgan fingerprint density at radius 3 is 3.04 bits per heavy atom. The van der Waals surface area contributed by atoms with Crippen LogP contribution in [0, 0.1) is 5.82 Å². The lowest BCUT2D eigenvalue weighted by atomic mass is 10.0. The van der Waals surface area contributed by atoms with Gasteiger partial charge < -0.3 is 0 Å². The molecule has 6 heteroatoms. The second-order valence-electron chi connectivity index (χ2n) is 6.18. The molecule has 3 aromatic rings. The fourth-order valence-electron chi connectivity index (χ4n) is 3.28. The van der Waals surface area contributed by atoms with Crippen molar-refractivity contribution in [1.29, 1.82) is 0 Å². The van der Waals surface area contributed by atoms with E-state index in [0.717, 1.165) is 40.7 Å². The molecule has 1 aliphatic heterocycles. The number of aromatic nitrogens is 3. The Kier molecular flexibility index (Phi) is 3.61. The van der Waals surface area contributed by atoms with Crippen LogP contribution in [0.25, 0.3) is 10.9 Å². The number of halogens is 1. The predicted molar refractivity (Wildman–Crippen MR) is 89.0 cm³/mol.